The number of hydrogen-bond acceptors (Lipinski definition) is 1. The first-order valence-electron chi connectivity index (χ1n) is 3.98. The molecule has 2 heterocycles. The minimum Gasteiger partial charge on any atom is -0.311 e. The molecule has 0 saturated carbocycles. The molecule has 2 unspecified atom stereocenters. The number of piperazine rings is 1. The lowest BCUT2D eigenvalue weighted by Crippen LogP contribution is -2.47. The molecule has 2 fully saturated rings. The maximum Gasteiger partial charge on any atom is 0.390 e. The van der Waals surface area contributed by atoms with Crippen LogP contribution in [0.15, 0.2) is 0 Å². The summed E-state index contributed by atoms with van der Waals surface area (Å²) in [5.74, 6) is 0. The quantitative estimate of drug-likeness (QED) is 0.628. The Morgan fingerprint density at radius 3 is 2.58 bits per heavy atom. The third-order valence-corrected chi connectivity index (χ3v) is 2.52. The minimum absolute atomic E-state index is 0.201. The van der Waals surface area contributed by atoms with Gasteiger partial charge in [-0.05, 0) is 6.42 Å². The Kier molecular flexibility index (Phi) is 1.63. The molecule has 2 rings (SSSR count). The highest BCUT2D eigenvalue weighted by atomic mass is 19.4. The molecule has 0 aromatic rings. The summed E-state index contributed by atoms with van der Waals surface area (Å²) >= 11 is 0. The molecule has 69 valence electrons. The van der Waals surface area contributed by atoms with Gasteiger partial charge in [0.05, 0.1) is 12.0 Å². The van der Waals surface area contributed by atoms with E-state index in [1.54, 1.807) is 0 Å². The topological polar surface area (TPSA) is 26.1 Å². The van der Waals surface area contributed by atoms with Crippen LogP contribution >= 0.6 is 0 Å². The van der Waals surface area contributed by atoms with Crippen LogP contribution in [-0.2, 0) is 0 Å². The molecule has 2 bridgehead atoms. The molecule has 0 aliphatic carbocycles. The maximum absolute atomic E-state index is 12.1. The maximum atomic E-state index is 12.1. The van der Waals surface area contributed by atoms with Crippen LogP contribution in [0.5, 0.6) is 0 Å². The molecule has 0 amide bonds. The molecule has 1 radical (unpaired) electrons. The van der Waals surface area contributed by atoms with E-state index in [2.05, 4.69) is 10.6 Å². The van der Waals surface area contributed by atoms with Crippen molar-refractivity contribution < 1.29 is 13.2 Å². The fourth-order valence-electron chi connectivity index (χ4n) is 2.05. The Bertz CT molecular complexity index is 182. The Morgan fingerprint density at radius 1 is 1.50 bits per heavy atom. The number of nitrogens with zero attached hydrogens (tertiary/aromatic N) is 1. The first-order valence-corrected chi connectivity index (χ1v) is 3.98. The summed E-state index contributed by atoms with van der Waals surface area (Å²) in [5, 5.41) is 7.06. The van der Waals surface area contributed by atoms with Gasteiger partial charge in [-0.1, -0.05) is 0 Å². The molecule has 0 aromatic carbocycles. The lowest BCUT2D eigenvalue weighted by molar-refractivity contribution is -0.148. The molecule has 2 saturated heterocycles. The van der Waals surface area contributed by atoms with Crippen molar-refractivity contribution in [1.82, 2.24) is 10.6 Å². The highest BCUT2D eigenvalue weighted by molar-refractivity contribution is 5.07. The van der Waals surface area contributed by atoms with Gasteiger partial charge < -0.3 is 5.32 Å². The smallest absolute Gasteiger partial charge is 0.311 e. The van der Waals surface area contributed by atoms with E-state index in [0.29, 0.717) is 19.5 Å². The second-order valence-corrected chi connectivity index (χ2v) is 3.64. The first kappa shape index (κ1) is 8.31. The van der Waals surface area contributed by atoms with Gasteiger partial charge >= 0.3 is 6.18 Å². The normalized spacial score (nSPS) is 40.8. The van der Waals surface area contributed by atoms with Crippen molar-refractivity contribution >= 4 is 0 Å². The van der Waals surface area contributed by atoms with Gasteiger partial charge in [-0.25, -0.2) is 5.32 Å². The van der Waals surface area contributed by atoms with Gasteiger partial charge in [0.2, 0.25) is 0 Å². The van der Waals surface area contributed by atoms with Crippen molar-refractivity contribution in [3.05, 3.63) is 0 Å². The summed E-state index contributed by atoms with van der Waals surface area (Å²) in [6.07, 6.45) is -4.28. The van der Waals surface area contributed by atoms with Crippen LogP contribution in [0.3, 0.4) is 0 Å². The van der Waals surface area contributed by atoms with Gasteiger partial charge in [-0.3, -0.25) is 0 Å². The molecule has 2 aliphatic heterocycles. The zero-order valence-electron chi connectivity index (χ0n) is 6.49. The van der Waals surface area contributed by atoms with Crippen LogP contribution in [-0.4, -0.2) is 30.8 Å². The SMILES string of the molecule is FC(F)(F)CC12CNC(C[N]1)C2. The molecule has 2 nitrogen and oxygen atoms in total. The van der Waals surface area contributed by atoms with E-state index in [1.807, 2.05) is 0 Å². The number of rotatable bonds is 1. The predicted octanol–water partition coefficient (Wildman–Crippen LogP) is 0.657. The summed E-state index contributed by atoms with van der Waals surface area (Å²) in [6, 6.07) is 0.201. The van der Waals surface area contributed by atoms with Gasteiger partial charge in [-0.15, -0.1) is 0 Å². The Hall–Kier alpha value is -0.290. The Morgan fingerprint density at radius 2 is 2.25 bits per heavy atom. The molecule has 12 heavy (non-hydrogen) atoms. The molecule has 2 atom stereocenters. The van der Waals surface area contributed by atoms with Crippen LogP contribution in [0.2, 0.25) is 0 Å². The average molecular weight is 179 g/mol. The highest BCUT2D eigenvalue weighted by Gasteiger charge is 2.51. The molecule has 5 heteroatoms. The van der Waals surface area contributed by atoms with Gasteiger partial charge in [0.1, 0.15) is 0 Å². The summed E-state index contributed by atoms with van der Waals surface area (Å²) in [7, 11) is 0. The Balaban J connectivity index is 2.03. The van der Waals surface area contributed by atoms with Crippen LogP contribution in [0.4, 0.5) is 13.2 Å². The third kappa shape index (κ3) is 1.43. The molecular formula is C7H10F3N2. The zero-order valence-corrected chi connectivity index (χ0v) is 6.49. The molecule has 0 aromatic heterocycles. The van der Waals surface area contributed by atoms with E-state index in [-0.39, 0.29) is 6.04 Å². The lowest BCUT2D eigenvalue weighted by atomic mass is 9.95. The summed E-state index contributed by atoms with van der Waals surface area (Å²) in [6.45, 7) is 0.952. The van der Waals surface area contributed by atoms with Crippen molar-refractivity contribution in [1.29, 1.82) is 0 Å². The second-order valence-electron chi connectivity index (χ2n) is 3.64. The van der Waals surface area contributed by atoms with Gasteiger partial charge in [0.25, 0.3) is 0 Å². The van der Waals surface area contributed by atoms with Crippen LogP contribution in [0, 0.1) is 0 Å². The standard InChI is InChI=1S/C7H10F3N2/c8-7(9,10)3-6-1-5(2-12-6)11-4-6/h5,11H,1-4H2. The molecule has 2 aliphatic rings. The summed E-state index contributed by atoms with van der Waals surface area (Å²) < 4.78 is 36.2. The lowest BCUT2D eigenvalue weighted by Gasteiger charge is -2.26. The average Bonchev–Trinajstić information content (AvgIpc) is 2.40. The van der Waals surface area contributed by atoms with Crippen molar-refractivity contribution in [2.45, 2.75) is 30.6 Å². The van der Waals surface area contributed by atoms with E-state index in [1.165, 1.54) is 0 Å². The Labute approximate surface area is 68.5 Å². The van der Waals surface area contributed by atoms with E-state index >= 15 is 0 Å². The van der Waals surface area contributed by atoms with E-state index < -0.39 is 18.1 Å². The second kappa shape index (κ2) is 2.35. The number of fused-ring (bicyclic) bond motifs is 2. The fourth-order valence-corrected chi connectivity index (χ4v) is 2.05. The fraction of sp³-hybridized carbons (Fsp3) is 1.00. The van der Waals surface area contributed by atoms with Gasteiger partial charge in [-0.2, -0.15) is 13.2 Å². The molecular weight excluding hydrogens is 169 g/mol. The summed E-state index contributed by atoms with van der Waals surface area (Å²) in [4.78, 5) is 0. The van der Waals surface area contributed by atoms with Crippen molar-refractivity contribution in [2.24, 2.45) is 0 Å². The molecule has 0 spiro atoms. The van der Waals surface area contributed by atoms with E-state index in [0.717, 1.165) is 0 Å². The largest absolute Gasteiger partial charge is 0.390 e. The van der Waals surface area contributed by atoms with E-state index in [4.69, 9.17) is 0 Å². The minimum atomic E-state index is -4.08. The number of nitrogens with one attached hydrogen (secondary N) is 1. The van der Waals surface area contributed by atoms with Crippen molar-refractivity contribution in [2.75, 3.05) is 13.1 Å². The monoisotopic (exact) mass is 179 g/mol. The number of alkyl halides is 3. The third-order valence-electron chi connectivity index (χ3n) is 2.52. The van der Waals surface area contributed by atoms with Crippen LogP contribution < -0.4 is 10.6 Å². The van der Waals surface area contributed by atoms with E-state index in [9.17, 15) is 13.2 Å². The van der Waals surface area contributed by atoms with Gasteiger partial charge in [0, 0.05) is 19.1 Å². The highest BCUT2D eigenvalue weighted by Crippen LogP contribution is 2.37. The number of halogens is 3. The zero-order chi connectivity index (χ0) is 8.82. The summed E-state index contributed by atoms with van der Waals surface area (Å²) in [5.41, 5.74) is -0.817. The predicted molar refractivity (Wildman–Crippen MR) is 36.8 cm³/mol. The van der Waals surface area contributed by atoms with Crippen LogP contribution in [0.1, 0.15) is 12.8 Å². The van der Waals surface area contributed by atoms with Crippen molar-refractivity contribution in [3.8, 4) is 0 Å². The van der Waals surface area contributed by atoms with Crippen molar-refractivity contribution in [3.63, 3.8) is 0 Å². The number of hydrogen-bond donors (Lipinski definition) is 1. The first-order chi connectivity index (χ1) is 5.49. The van der Waals surface area contributed by atoms with Gasteiger partial charge in [0.15, 0.2) is 0 Å². The molecule has 1 N–H and O–H groups in total. The van der Waals surface area contributed by atoms with Crippen LogP contribution in [0.25, 0.3) is 0 Å².